The maximum Gasteiger partial charge on any atom is 0.410 e. The lowest BCUT2D eigenvalue weighted by molar-refractivity contribution is 0.0174. The van der Waals surface area contributed by atoms with E-state index in [1.54, 1.807) is 17.0 Å². The van der Waals surface area contributed by atoms with Crippen LogP contribution in [0.25, 0.3) is 0 Å². The van der Waals surface area contributed by atoms with Crippen LogP contribution in [-0.4, -0.2) is 41.6 Å². The Morgan fingerprint density at radius 2 is 1.68 bits per heavy atom. The standard InChI is InChI=1S/C25H37FN2O3/c1-25(2,3)31-24(30)28-15-13-18(14-16-28)17-22(19-7-5-4-6-8-19)27-23(29)20-9-11-21(26)12-10-20/h9-12,18-19,22H,4-8,13-17H2,1-3H3,(H,27,29). The quantitative estimate of drug-likeness (QED) is 0.664. The third-order valence-electron chi connectivity index (χ3n) is 6.50. The number of nitrogens with zero attached hydrogens (tertiary/aromatic N) is 1. The fourth-order valence-electron chi connectivity index (χ4n) is 4.80. The largest absolute Gasteiger partial charge is 0.444 e. The van der Waals surface area contributed by atoms with Gasteiger partial charge in [-0.1, -0.05) is 19.3 Å². The molecule has 1 aliphatic heterocycles. The van der Waals surface area contributed by atoms with Gasteiger partial charge in [0, 0.05) is 24.7 Å². The number of amides is 2. The van der Waals surface area contributed by atoms with E-state index in [1.165, 1.54) is 31.4 Å². The monoisotopic (exact) mass is 432 g/mol. The van der Waals surface area contributed by atoms with Crippen molar-refractivity contribution >= 4 is 12.0 Å². The van der Waals surface area contributed by atoms with Crippen molar-refractivity contribution in [2.75, 3.05) is 13.1 Å². The predicted octanol–water partition coefficient (Wildman–Crippen LogP) is 5.54. The van der Waals surface area contributed by atoms with Crippen molar-refractivity contribution in [2.24, 2.45) is 11.8 Å². The lowest BCUT2D eigenvalue weighted by atomic mass is 9.78. The highest BCUT2D eigenvalue weighted by atomic mass is 19.1. The Hall–Kier alpha value is -2.11. The van der Waals surface area contributed by atoms with Gasteiger partial charge in [-0.3, -0.25) is 4.79 Å². The van der Waals surface area contributed by atoms with Gasteiger partial charge < -0.3 is 15.0 Å². The van der Waals surface area contributed by atoms with Gasteiger partial charge in [-0.2, -0.15) is 0 Å². The van der Waals surface area contributed by atoms with Crippen molar-refractivity contribution in [2.45, 2.75) is 83.8 Å². The van der Waals surface area contributed by atoms with Gasteiger partial charge in [-0.15, -0.1) is 0 Å². The van der Waals surface area contributed by atoms with E-state index in [4.69, 9.17) is 4.74 Å². The van der Waals surface area contributed by atoms with Crippen molar-refractivity contribution in [3.63, 3.8) is 0 Å². The Morgan fingerprint density at radius 3 is 2.26 bits per heavy atom. The summed E-state index contributed by atoms with van der Waals surface area (Å²) in [4.78, 5) is 27.0. The molecule has 5 nitrogen and oxygen atoms in total. The van der Waals surface area contributed by atoms with Gasteiger partial charge in [0.25, 0.3) is 5.91 Å². The second-order valence-corrected chi connectivity index (χ2v) is 10.1. The number of halogens is 1. The van der Waals surface area contributed by atoms with Crippen LogP contribution in [0.1, 0.15) is 82.5 Å². The Kier molecular flexibility index (Phi) is 7.95. The topological polar surface area (TPSA) is 58.6 Å². The van der Waals surface area contributed by atoms with Gasteiger partial charge in [0.2, 0.25) is 0 Å². The van der Waals surface area contributed by atoms with Gasteiger partial charge in [0.1, 0.15) is 11.4 Å². The molecule has 31 heavy (non-hydrogen) atoms. The average Bonchev–Trinajstić information content (AvgIpc) is 2.73. The molecule has 1 aliphatic carbocycles. The summed E-state index contributed by atoms with van der Waals surface area (Å²) in [6.07, 6.45) is 8.53. The lowest BCUT2D eigenvalue weighted by Crippen LogP contribution is -2.45. The van der Waals surface area contributed by atoms with Crippen LogP contribution in [0.15, 0.2) is 24.3 Å². The highest BCUT2D eigenvalue weighted by Gasteiger charge is 2.31. The van der Waals surface area contributed by atoms with Crippen LogP contribution in [0.2, 0.25) is 0 Å². The molecule has 2 fully saturated rings. The minimum Gasteiger partial charge on any atom is -0.444 e. The minimum atomic E-state index is -0.482. The summed E-state index contributed by atoms with van der Waals surface area (Å²) in [6.45, 7) is 7.05. The fourth-order valence-corrected chi connectivity index (χ4v) is 4.80. The number of hydrogen-bond acceptors (Lipinski definition) is 3. The number of piperidine rings is 1. The number of rotatable bonds is 5. The SMILES string of the molecule is CC(C)(C)OC(=O)N1CCC(CC(NC(=O)c2ccc(F)cc2)C2CCCCC2)CC1. The Balaban J connectivity index is 1.58. The summed E-state index contributed by atoms with van der Waals surface area (Å²) >= 11 is 0. The Labute approximate surface area is 185 Å². The molecule has 3 rings (SSSR count). The molecular formula is C25H37FN2O3. The second kappa shape index (κ2) is 10.5. The molecule has 2 aliphatic rings. The molecule has 1 aromatic rings. The van der Waals surface area contributed by atoms with Crippen LogP contribution < -0.4 is 5.32 Å². The molecule has 0 spiro atoms. The first-order valence-electron chi connectivity index (χ1n) is 11.8. The number of nitrogens with one attached hydrogen (secondary N) is 1. The fraction of sp³-hybridized carbons (Fsp3) is 0.680. The minimum absolute atomic E-state index is 0.121. The van der Waals surface area contributed by atoms with Crippen LogP contribution >= 0.6 is 0 Å². The van der Waals surface area contributed by atoms with E-state index in [2.05, 4.69) is 5.32 Å². The molecule has 1 unspecified atom stereocenters. The van der Waals surface area contributed by atoms with Crippen LogP contribution in [0.5, 0.6) is 0 Å². The smallest absolute Gasteiger partial charge is 0.410 e. The molecular weight excluding hydrogens is 395 g/mol. The van der Waals surface area contributed by atoms with Gasteiger partial charge in [0.05, 0.1) is 0 Å². The van der Waals surface area contributed by atoms with E-state index < -0.39 is 5.60 Å². The number of carbonyl (C=O) groups is 2. The third-order valence-corrected chi connectivity index (χ3v) is 6.50. The molecule has 1 saturated heterocycles. The molecule has 172 valence electrons. The second-order valence-electron chi connectivity index (χ2n) is 10.1. The summed E-state index contributed by atoms with van der Waals surface area (Å²) < 4.78 is 18.7. The van der Waals surface area contributed by atoms with Gasteiger partial charge >= 0.3 is 6.09 Å². The highest BCUT2D eigenvalue weighted by molar-refractivity contribution is 5.94. The molecule has 1 heterocycles. The van der Waals surface area contributed by atoms with Gasteiger partial charge in [-0.25, -0.2) is 9.18 Å². The first-order chi connectivity index (χ1) is 14.7. The normalized spacial score (nSPS) is 19.7. The summed E-state index contributed by atoms with van der Waals surface area (Å²) in [5.74, 6) is 0.500. The Morgan fingerprint density at radius 1 is 1.06 bits per heavy atom. The Bertz CT molecular complexity index is 730. The van der Waals surface area contributed by atoms with Crippen molar-refractivity contribution in [3.8, 4) is 0 Å². The third kappa shape index (κ3) is 7.22. The van der Waals surface area contributed by atoms with Crippen LogP contribution in [0.3, 0.4) is 0 Å². The van der Waals surface area contributed by atoms with Crippen molar-refractivity contribution < 1.29 is 18.7 Å². The number of hydrogen-bond donors (Lipinski definition) is 1. The van der Waals surface area contributed by atoms with Crippen molar-refractivity contribution in [1.82, 2.24) is 10.2 Å². The maximum atomic E-state index is 13.2. The lowest BCUT2D eigenvalue weighted by Gasteiger charge is -2.37. The first-order valence-corrected chi connectivity index (χ1v) is 11.8. The summed E-state index contributed by atoms with van der Waals surface area (Å²) in [5, 5.41) is 3.27. The molecule has 2 amide bonds. The van der Waals surface area contributed by atoms with Crippen LogP contribution in [0.4, 0.5) is 9.18 Å². The predicted molar refractivity (Wildman–Crippen MR) is 119 cm³/mol. The van der Waals surface area contributed by atoms with Crippen molar-refractivity contribution in [1.29, 1.82) is 0 Å². The van der Waals surface area contributed by atoms with E-state index in [0.717, 1.165) is 32.1 Å². The van der Waals surface area contributed by atoms with E-state index in [-0.39, 0.29) is 23.9 Å². The summed E-state index contributed by atoms with van der Waals surface area (Å²) in [7, 11) is 0. The van der Waals surface area contributed by atoms with E-state index in [1.807, 2.05) is 20.8 Å². The average molecular weight is 433 g/mol. The van der Waals surface area contributed by atoms with Crippen molar-refractivity contribution in [3.05, 3.63) is 35.6 Å². The number of benzene rings is 1. The zero-order valence-electron chi connectivity index (χ0n) is 19.2. The van der Waals surface area contributed by atoms with E-state index in [9.17, 15) is 14.0 Å². The molecule has 1 aromatic carbocycles. The zero-order chi connectivity index (χ0) is 22.4. The molecule has 0 bridgehead atoms. The van der Waals surface area contributed by atoms with Crippen LogP contribution in [0, 0.1) is 17.7 Å². The van der Waals surface area contributed by atoms with E-state index >= 15 is 0 Å². The number of likely N-dealkylation sites (tertiary alicyclic amines) is 1. The molecule has 0 radical (unpaired) electrons. The molecule has 1 saturated carbocycles. The maximum absolute atomic E-state index is 13.2. The summed E-state index contributed by atoms with van der Waals surface area (Å²) in [5.41, 5.74) is 0.0203. The van der Waals surface area contributed by atoms with E-state index in [0.29, 0.717) is 30.5 Å². The van der Waals surface area contributed by atoms with Gasteiger partial charge in [-0.05, 0) is 89.0 Å². The number of carbonyl (C=O) groups excluding carboxylic acids is 2. The number of ether oxygens (including phenoxy) is 1. The van der Waals surface area contributed by atoms with Crippen LogP contribution in [-0.2, 0) is 4.74 Å². The summed E-state index contributed by atoms with van der Waals surface area (Å²) in [6, 6.07) is 5.87. The highest BCUT2D eigenvalue weighted by Crippen LogP contribution is 2.32. The molecule has 0 aromatic heterocycles. The van der Waals surface area contributed by atoms with Gasteiger partial charge in [0.15, 0.2) is 0 Å². The zero-order valence-corrected chi connectivity index (χ0v) is 19.2. The first kappa shape index (κ1) is 23.6. The molecule has 6 heteroatoms. The molecule has 1 atom stereocenters. The molecule has 1 N–H and O–H groups in total.